The summed E-state index contributed by atoms with van der Waals surface area (Å²) >= 11 is 4.90. The van der Waals surface area contributed by atoms with Crippen LogP contribution in [0.25, 0.3) is 22.4 Å². The molecule has 1 amide bonds. The van der Waals surface area contributed by atoms with E-state index in [2.05, 4.69) is 26.2 Å². The van der Waals surface area contributed by atoms with Gasteiger partial charge in [-0.2, -0.15) is 0 Å². The first-order valence-electron chi connectivity index (χ1n) is 9.40. The minimum atomic E-state index is -0.242. The number of benzene rings is 3. The maximum Gasteiger partial charge on any atom is 0.264 e. The van der Waals surface area contributed by atoms with Crippen molar-refractivity contribution in [2.45, 2.75) is 6.92 Å². The van der Waals surface area contributed by atoms with Crippen LogP contribution in [0.4, 0.5) is 5.13 Å². The molecule has 30 heavy (non-hydrogen) atoms. The molecule has 0 unspecified atom stereocenters. The van der Waals surface area contributed by atoms with Gasteiger partial charge in [0.05, 0.1) is 5.69 Å². The lowest BCUT2D eigenvalue weighted by molar-refractivity contribution is -0.118. The molecular formula is C24H19BrN2O2S. The summed E-state index contributed by atoms with van der Waals surface area (Å²) in [6.45, 7) is 1.91. The molecule has 0 saturated heterocycles. The van der Waals surface area contributed by atoms with Crippen LogP contribution in [0.5, 0.6) is 5.75 Å². The number of anilines is 1. The molecule has 0 aliphatic carbocycles. The first-order valence-corrected chi connectivity index (χ1v) is 11.0. The largest absolute Gasteiger partial charge is 0.483 e. The van der Waals surface area contributed by atoms with E-state index in [1.807, 2.05) is 85.8 Å². The fourth-order valence-corrected chi connectivity index (χ4v) is 4.19. The number of amides is 1. The van der Waals surface area contributed by atoms with Crippen LogP contribution in [0.1, 0.15) is 4.88 Å². The second kappa shape index (κ2) is 9.24. The van der Waals surface area contributed by atoms with E-state index in [0.29, 0.717) is 10.9 Å². The van der Waals surface area contributed by atoms with Gasteiger partial charge in [-0.05, 0) is 30.7 Å². The number of aromatic nitrogens is 1. The molecule has 0 aliphatic heterocycles. The molecule has 0 spiro atoms. The zero-order valence-corrected chi connectivity index (χ0v) is 18.7. The first kappa shape index (κ1) is 20.3. The molecule has 6 heteroatoms. The van der Waals surface area contributed by atoms with Crippen LogP contribution in [-0.2, 0) is 4.79 Å². The Balaban J connectivity index is 1.43. The van der Waals surface area contributed by atoms with Crippen molar-refractivity contribution in [3.63, 3.8) is 0 Å². The van der Waals surface area contributed by atoms with Crippen LogP contribution in [-0.4, -0.2) is 17.5 Å². The molecule has 0 saturated carbocycles. The Labute approximate surface area is 187 Å². The number of hydrogen-bond acceptors (Lipinski definition) is 4. The van der Waals surface area contributed by atoms with Gasteiger partial charge in [0.2, 0.25) is 0 Å². The third-order valence-electron chi connectivity index (χ3n) is 4.49. The highest BCUT2D eigenvalue weighted by Crippen LogP contribution is 2.32. The van der Waals surface area contributed by atoms with Gasteiger partial charge in [-0.1, -0.05) is 76.6 Å². The minimum Gasteiger partial charge on any atom is -0.483 e. The monoisotopic (exact) mass is 478 g/mol. The Morgan fingerprint density at radius 3 is 2.43 bits per heavy atom. The summed E-state index contributed by atoms with van der Waals surface area (Å²) in [6, 6.07) is 25.6. The quantitative estimate of drug-likeness (QED) is 0.341. The molecule has 1 N–H and O–H groups in total. The fraction of sp³-hybridized carbons (Fsp3) is 0.0833. The average Bonchev–Trinajstić information content (AvgIpc) is 3.13. The average molecular weight is 479 g/mol. The number of ether oxygens (including phenoxy) is 1. The lowest BCUT2D eigenvalue weighted by Gasteiger charge is -2.11. The number of nitrogens with one attached hydrogen (secondary N) is 1. The van der Waals surface area contributed by atoms with E-state index in [-0.39, 0.29) is 12.5 Å². The highest BCUT2D eigenvalue weighted by Gasteiger charge is 2.13. The van der Waals surface area contributed by atoms with Crippen molar-refractivity contribution < 1.29 is 9.53 Å². The second-order valence-corrected chi connectivity index (χ2v) is 8.75. The fourth-order valence-electron chi connectivity index (χ4n) is 3.07. The Hall–Kier alpha value is -2.96. The van der Waals surface area contributed by atoms with E-state index in [9.17, 15) is 4.79 Å². The Morgan fingerprint density at radius 1 is 0.967 bits per heavy atom. The number of carbonyl (C=O) groups excluding carboxylic acids is 1. The summed E-state index contributed by atoms with van der Waals surface area (Å²) in [6.07, 6.45) is 0. The topological polar surface area (TPSA) is 51.2 Å². The molecule has 4 nitrogen and oxygen atoms in total. The molecule has 0 atom stereocenters. The molecule has 0 radical (unpaired) electrons. The Bertz CT molecular complexity index is 1160. The standard InChI is InChI=1S/C24H19BrN2O2S/c1-16-23(18-11-13-19(25)14-12-18)27-24(30-16)26-22(28)15-29-21-10-6-5-9-20(21)17-7-3-2-4-8-17/h2-14H,15H2,1H3,(H,26,27,28). The van der Waals surface area contributed by atoms with Crippen molar-refractivity contribution in [2.75, 3.05) is 11.9 Å². The third kappa shape index (κ3) is 4.78. The number of aryl methyl sites for hydroxylation is 1. The van der Waals surface area contributed by atoms with Crippen molar-refractivity contribution >= 4 is 38.3 Å². The normalized spacial score (nSPS) is 10.6. The maximum atomic E-state index is 12.5. The van der Waals surface area contributed by atoms with Crippen LogP contribution in [0.2, 0.25) is 0 Å². The summed E-state index contributed by atoms with van der Waals surface area (Å²) in [5.41, 5.74) is 3.88. The molecule has 0 fully saturated rings. The number of para-hydroxylation sites is 1. The molecule has 150 valence electrons. The first-order chi connectivity index (χ1) is 14.6. The molecule has 0 bridgehead atoms. The van der Waals surface area contributed by atoms with Gasteiger partial charge in [0, 0.05) is 20.5 Å². The highest BCUT2D eigenvalue weighted by molar-refractivity contribution is 9.10. The van der Waals surface area contributed by atoms with Gasteiger partial charge in [-0.3, -0.25) is 10.1 Å². The van der Waals surface area contributed by atoms with Crippen LogP contribution in [0, 0.1) is 6.92 Å². The zero-order chi connectivity index (χ0) is 20.9. The number of rotatable bonds is 6. The van der Waals surface area contributed by atoms with Crippen LogP contribution < -0.4 is 10.1 Å². The van der Waals surface area contributed by atoms with E-state index in [0.717, 1.165) is 31.7 Å². The summed E-state index contributed by atoms with van der Waals surface area (Å²) in [4.78, 5) is 18.1. The number of hydrogen-bond donors (Lipinski definition) is 1. The van der Waals surface area contributed by atoms with E-state index >= 15 is 0 Å². The number of nitrogens with zero attached hydrogens (tertiary/aromatic N) is 1. The van der Waals surface area contributed by atoms with Gasteiger partial charge in [-0.15, -0.1) is 11.3 Å². The molecule has 1 heterocycles. The van der Waals surface area contributed by atoms with E-state index < -0.39 is 0 Å². The molecule has 0 aliphatic rings. The Morgan fingerprint density at radius 2 is 1.67 bits per heavy atom. The van der Waals surface area contributed by atoms with Crippen molar-refractivity contribution in [3.8, 4) is 28.1 Å². The second-order valence-electron chi connectivity index (χ2n) is 6.63. The summed E-state index contributed by atoms with van der Waals surface area (Å²) < 4.78 is 6.83. The number of halogens is 1. The SMILES string of the molecule is Cc1sc(NC(=O)COc2ccccc2-c2ccccc2)nc1-c1ccc(Br)cc1. The predicted molar refractivity (Wildman–Crippen MR) is 126 cm³/mol. The van der Waals surface area contributed by atoms with Crippen LogP contribution in [0.3, 0.4) is 0 Å². The van der Waals surface area contributed by atoms with E-state index in [4.69, 9.17) is 4.74 Å². The molecule has 4 rings (SSSR count). The van der Waals surface area contributed by atoms with Crippen molar-refractivity contribution in [3.05, 3.63) is 88.2 Å². The zero-order valence-electron chi connectivity index (χ0n) is 16.3. The van der Waals surface area contributed by atoms with Crippen LogP contribution >= 0.6 is 27.3 Å². The molecule has 4 aromatic rings. The summed E-state index contributed by atoms with van der Waals surface area (Å²) in [5, 5.41) is 3.41. The lowest BCUT2D eigenvalue weighted by atomic mass is 10.1. The van der Waals surface area contributed by atoms with Gasteiger partial charge in [0.15, 0.2) is 11.7 Å². The predicted octanol–water partition coefficient (Wildman–Crippen LogP) is 6.57. The maximum absolute atomic E-state index is 12.5. The molecule has 3 aromatic carbocycles. The van der Waals surface area contributed by atoms with Crippen LogP contribution in [0.15, 0.2) is 83.3 Å². The third-order valence-corrected chi connectivity index (χ3v) is 5.91. The van der Waals surface area contributed by atoms with Crippen molar-refractivity contribution in [2.24, 2.45) is 0 Å². The van der Waals surface area contributed by atoms with Gasteiger partial charge in [0.1, 0.15) is 5.75 Å². The molecular weight excluding hydrogens is 460 g/mol. The number of thiazole rings is 1. The van der Waals surface area contributed by atoms with Gasteiger partial charge < -0.3 is 4.74 Å². The van der Waals surface area contributed by atoms with E-state index in [1.165, 1.54) is 11.3 Å². The Kier molecular flexibility index (Phi) is 6.26. The summed E-state index contributed by atoms with van der Waals surface area (Å²) in [5.74, 6) is 0.429. The van der Waals surface area contributed by atoms with Crippen molar-refractivity contribution in [1.82, 2.24) is 4.98 Å². The molecule has 1 aromatic heterocycles. The van der Waals surface area contributed by atoms with Gasteiger partial charge in [-0.25, -0.2) is 4.98 Å². The smallest absolute Gasteiger partial charge is 0.264 e. The lowest BCUT2D eigenvalue weighted by Crippen LogP contribution is -2.20. The highest BCUT2D eigenvalue weighted by atomic mass is 79.9. The van der Waals surface area contributed by atoms with Gasteiger partial charge in [0.25, 0.3) is 5.91 Å². The van der Waals surface area contributed by atoms with Gasteiger partial charge >= 0.3 is 0 Å². The van der Waals surface area contributed by atoms with Crippen molar-refractivity contribution in [1.29, 1.82) is 0 Å². The van der Waals surface area contributed by atoms with E-state index in [1.54, 1.807) is 0 Å². The summed E-state index contributed by atoms with van der Waals surface area (Å²) in [7, 11) is 0. The number of carbonyl (C=O) groups is 1. The minimum absolute atomic E-state index is 0.0872.